The van der Waals surface area contributed by atoms with Crippen LogP contribution in [0.3, 0.4) is 0 Å². The molecule has 0 aromatic rings. The summed E-state index contributed by atoms with van der Waals surface area (Å²) in [4.78, 5) is 11.2. The Morgan fingerprint density at radius 3 is 2.22 bits per heavy atom. The molecule has 0 spiro atoms. The average Bonchev–Trinajstić information content (AvgIpc) is 2.08. The SMILES string of the molecule is CC1(C)CC2(C)CC(C)(O)C[C@@](C(N)C=O)(C1)C2. The molecule has 0 saturated heterocycles. The van der Waals surface area contributed by atoms with Crippen molar-refractivity contribution in [1.82, 2.24) is 0 Å². The fourth-order valence-electron chi connectivity index (χ4n) is 5.63. The lowest BCUT2D eigenvalue weighted by Crippen LogP contribution is -2.60. The van der Waals surface area contributed by atoms with Gasteiger partial charge in [-0.25, -0.2) is 0 Å². The zero-order valence-corrected chi connectivity index (χ0v) is 12.1. The topological polar surface area (TPSA) is 63.3 Å². The van der Waals surface area contributed by atoms with E-state index in [1.165, 1.54) is 0 Å². The highest BCUT2D eigenvalue weighted by Crippen LogP contribution is 2.63. The molecule has 0 radical (unpaired) electrons. The van der Waals surface area contributed by atoms with Crippen LogP contribution in [0.25, 0.3) is 0 Å². The van der Waals surface area contributed by atoms with Gasteiger partial charge in [0, 0.05) is 0 Å². The summed E-state index contributed by atoms with van der Waals surface area (Å²) in [5.74, 6) is 0. The molecule has 3 unspecified atom stereocenters. The summed E-state index contributed by atoms with van der Waals surface area (Å²) in [6, 6.07) is -0.455. The summed E-state index contributed by atoms with van der Waals surface area (Å²) in [5.41, 5.74) is 5.50. The van der Waals surface area contributed by atoms with E-state index in [1.54, 1.807) is 0 Å². The zero-order valence-electron chi connectivity index (χ0n) is 12.1. The number of aliphatic hydroxyl groups is 1. The van der Waals surface area contributed by atoms with E-state index in [2.05, 4.69) is 20.8 Å². The van der Waals surface area contributed by atoms with E-state index in [0.29, 0.717) is 6.42 Å². The predicted molar refractivity (Wildman–Crippen MR) is 72.1 cm³/mol. The first-order valence-electron chi connectivity index (χ1n) is 6.95. The van der Waals surface area contributed by atoms with E-state index in [-0.39, 0.29) is 16.2 Å². The largest absolute Gasteiger partial charge is 0.390 e. The van der Waals surface area contributed by atoms with Crippen LogP contribution in [0.1, 0.15) is 59.8 Å². The third-order valence-corrected chi connectivity index (χ3v) is 4.91. The highest BCUT2D eigenvalue weighted by atomic mass is 16.3. The summed E-state index contributed by atoms with van der Waals surface area (Å²) in [6.45, 7) is 8.66. The third kappa shape index (κ3) is 2.35. The molecule has 2 aliphatic rings. The summed E-state index contributed by atoms with van der Waals surface area (Å²) in [6.07, 6.45) is 5.35. The van der Waals surface area contributed by atoms with E-state index >= 15 is 0 Å². The van der Waals surface area contributed by atoms with Crippen molar-refractivity contribution in [3.8, 4) is 0 Å². The first kappa shape index (κ1) is 14.0. The van der Waals surface area contributed by atoms with Gasteiger partial charge in [0.05, 0.1) is 11.6 Å². The first-order valence-corrected chi connectivity index (χ1v) is 6.95. The number of hydrogen-bond acceptors (Lipinski definition) is 3. The van der Waals surface area contributed by atoms with Gasteiger partial charge in [-0.2, -0.15) is 0 Å². The molecule has 3 nitrogen and oxygen atoms in total. The second-order valence-electron chi connectivity index (χ2n) is 8.38. The van der Waals surface area contributed by atoms with Crippen molar-refractivity contribution in [2.24, 2.45) is 22.0 Å². The van der Waals surface area contributed by atoms with Crippen LogP contribution in [0, 0.1) is 16.2 Å². The number of carbonyl (C=O) groups is 1. The Morgan fingerprint density at radius 2 is 1.67 bits per heavy atom. The second kappa shape index (κ2) is 3.80. The van der Waals surface area contributed by atoms with Gasteiger partial charge in [-0.15, -0.1) is 0 Å². The van der Waals surface area contributed by atoms with Crippen molar-refractivity contribution >= 4 is 6.29 Å². The lowest BCUT2D eigenvalue weighted by atomic mass is 9.45. The Hall–Kier alpha value is -0.410. The Balaban J connectivity index is 2.44. The molecule has 18 heavy (non-hydrogen) atoms. The predicted octanol–water partition coefficient (Wildman–Crippen LogP) is 2.26. The van der Waals surface area contributed by atoms with Crippen LogP contribution >= 0.6 is 0 Å². The molecule has 0 heterocycles. The summed E-state index contributed by atoms with van der Waals surface area (Å²) < 4.78 is 0. The first-order chi connectivity index (χ1) is 8.02. The smallest absolute Gasteiger partial charge is 0.137 e. The van der Waals surface area contributed by atoms with E-state index in [1.807, 2.05) is 6.92 Å². The molecule has 3 N–H and O–H groups in total. The summed E-state index contributed by atoms with van der Waals surface area (Å²) in [7, 11) is 0. The molecular formula is C15H27NO2. The highest BCUT2D eigenvalue weighted by Gasteiger charge is 2.58. The molecular weight excluding hydrogens is 226 g/mol. The van der Waals surface area contributed by atoms with Crippen LogP contribution in [0.2, 0.25) is 0 Å². The van der Waals surface area contributed by atoms with Crippen LogP contribution in [0.5, 0.6) is 0 Å². The van der Waals surface area contributed by atoms with Gasteiger partial charge in [0.15, 0.2) is 0 Å². The maximum atomic E-state index is 11.2. The van der Waals surface area contributed by atoms with Gasteiger partial charge in [0.25, 0.3) is 0 Å². The van der Waals surface area contributed by atoms with Crippen molar-refractivity contribution in [2.75, 3.05) is 0 Å². The van der Waals surface area contributed by atoms with E-state index in [0.717, 1.165) is 32.0 Å². The number of hydrogen-bond donors (Lipinski definition) is 2. The fourth-order valence-corrected chi connectivity index (χ4v) is 5.63. The maximum absolute atomic E-state index is 11.2. The fraction of sp³-hybridized carbons (Fsp3) is 0.933. The van der Waals surface area contributed by atoms with Gasteiger partial charge in [-0.3, -0.25) is 0 Å². The van der Waals surface area contributed by atoms with E-state index < -0.39 is 11.6 Å². The van der Waals surface area contributed by atoms with Crippen molar-refractivity contribution in [2.45, 2.75) is 71.4 Å². The lowest BCUT2D eigenvalue weighted by Gasteiger charge is -2.61. The van der Waals surface area contributed by atoms with Gasteiger partial charge in [0.1, 0.15) is 6.29 Å². The minimum absolute atomic E-state index is 0.101. The number of rotatable bonds is 2. The van der Waals surface area contributed by atoms with E-state index in [9.17, 15) is 9.90 Å². The number of carbonyl (C=O) groups excluding carboxylic acids is 1. The van der Waals surface area contributed by atoms with Crippen molar-refractivity contribution in [3.05, 3.63) is 0 Å². The maximum Gasteiger partial charge on any atom is 0.137 e. The standard InChI is InChI=1S/C15H27NO2/c1-12(2)6-13(3)8-14(4,18)10-15(7-12,9-13)11(16)5-17/h5,11,18H,6-10,16H2,1-4H3/t11?,13?,14?,15-/m1/s1. The Morgan fingerprint density at radius 1 is 1.06 bits per heavy atom. The van der Waals surface area contributed by atoms with Gasteiger partial charge >= 0.3 is 0 Å². The molecule has 2 bridgehead atoms. The van der Waals surface area contributed by atoms with Crippen molar-refractivity contribution in [3.63, 3.8) is 0 Å². The molecule has 0 aliphatic heterocycles. The zero-order chi connectivity index (χ0) is 13.8. The molecule has 4 atom stereocenters. The molecule has 2 fully saturated rings. The highest BCUT2D eigenvalue weighted by molar-refractivity contribution is 5.59. The minimum atomic E-state index is -0.690. The quantitative estimate of drug-likeness (QED) is 0.742. The number of nitrogens with two attached hydrogens (primary N) is 1. The Kier molecular flexibility index (Phi) is 2.95. The molecule has 2 aliphatic carbocycles. The lowest BCUT2D eigenvalue weighted by molar-refractivity contribution is -0.155. The number of aldehydes is 1. The monoisotopic (exact) mass is 253 g/mol. The van der Waals surface area contributed by atoms with Gasteiger partial charge in [0.2, 0.25) is 0 Å². The molecule has 2 rings (SSSR count). The van der Waals surface area contributed by atoms with Crippen LogP contribution < -0.4 is 5.73 Å². The second-order valence-corrected chi connectivity index (χ2v) is 8.38. The minimum Gasteiger partial charge on any atom is -0.390 e. The molecule has 0 aromatic heterocycles. The van der Waals surface area contributed by atoms with Crippen molar-refractivity contribution < 1.29 is 9.90 Å². The molecule has 3 heteroatoms. The molecule has 104 valence electrons. The van der Waals surface area contributed by atoms with E-state index in [4.69, 9.17) is 5.73 Å². The molecule has 0 amide bonds. The van der Waals surface area contributed by atoms with Gasteiger partial charge < -0.3 is 15.6 Å². The summed E-state index contributed by atoms with van der Waals surface area (Å²) in [5, 5.41) is 10.6. The van der Waals surface area contributed by atoms with Crippen LogP contribution in [-0.4, -0.2) is 23.0 Å². The van der Waals surface area contributed by atoms with Crippen molar-refractivity contribution in [1.29, 1.82) is 0 Å². The van der Waals surface area contributed by atoms with Crippen LogP contribution in [-0.2, 0) is 4.79 Å². The van der Waals surface area contributed by atoms with Gasteiger partial charge in [-0.05, 0) is 55.3 Å². The normalized spacial score (nSPS) is 48.6. The average molecular weight is 253 g/mol. The van der Waals surface area contributed by atoms with Gasteiger partial charge in [-0.1, -0.05) is 20.8 Å². The third-order valence-electron chi connectivity index (χ3n) is 4.91. The molecule has 0 aromatic carbocycles. The molecule has 2 saturated carbocycles. The Labute approximate surface area is 110 Å². The summed E-state index contributed by atoms with van der Waals surface area (Å²) >= 11 is 0. The van der Waals surface area contributed by atoms with Crippen LogP contribution in [0.4, 0.5) is 0 Å². The Bertz CT molecular complexity index is 334. The number of fused-ring (bicyclic) bond motifs is 2. The van der Waals surface area contributed by atoms with Crippen LogP contribution in [0.15, 0.2) is 0 Å².